The molecule has 17 heavy (non-hydrogen) atoms. The summed E-state index contributed by atoms with van der Waals surface area (Å²) in [5.41, 5.74) is 4.99. The van der Waals surface area contributed by atoms with E-state index in [4.69, 9.17) is 5.73 Å². The fraction of sp³-hybridized carbons (Fsp3) is 0. The van der Waals surface area contributed by atoms with Gasteiger partial charge in [0.2, 0.25) is 0 Å². The van der Waals surface area contributed by atoms with Crippen molar-refractivity contribution in [3.63, 3.8) is 0 Å². The van der Waals surface area contributed by atoms with Gasteiger partial charge in [-0.05, 0) is 12.1 Å². The van der Waals surface area contributed by atoms with Crippen LogP contribution in [0.3, 0.4) is 0 Å². The molecule has 4 N–H and O–H groups in total. The highest BCUT2D eigenvalue weighted by Crippen LogP contribution is 2.21. The van der Waals surface area contributed by atoms with Crippen LogP contribution in [0.15, 0.2) is 24.4 Å². The number of carbonyl (C=O) groups is 1. The van der Waals surface area contributed by atoms with Gasteiger partial charge in [-0.15, -0.1) is 0 Å². The number of amides is 1. The molecule has 2 rings (SSSR count). The zero-order chi connectivity index (χ0) is 12.4. The summed E-state index contributed by atoms with van der Waals surface area (Å²) in [6, 6.07) is 3.04. The number of aromatic nitrogens is 2. The normalized spacial score (nSPS) is 10.2. The number of aromatic amines is 1. The molecule has 2 aromatic rings. The molecule has 7 heteroatoms. The molecule has 0 aliphatic heterocycles. The molecular formula is C10H8F2N4O. The number of hydrogen-bond donors (Lipinski definition) is 3. The van der Waals surface area contributed by atoms with Crippen LogP contribution in [0.25, 0.3) is 0 Å². The van der Waals surface area contributed by atoms with E-state index in [-0.39, 0.29) is 17.1 Å². The summed E-state index contributed by atoms with van der Waals surface area (Å²) in [7, 11) is 0. The second kappa shape index (κ2) is 4.20. The topological polar surface area (TPSA) is 83.8 Å². The van der Waals surface area contributed by atoms with Crippen LogP contribution in [0.4, 0.5) is 20.2 Å². The summed E-state index contributed by atoms with van der Waals surface area (Å²) in [5.74, 6) is -2.36. The summed E-state index contributed by atoms with van der Waals surface area (Å²) in [4.78, 5) is 11.5. The highest BCUT2D eigenvalue weighted by Gasteiger charge is 2.12. The Morgan fingerprint density at radius 1 is 1.35 bits per heavy atom. The first-order valence-corrected chi connectivity index (χ1v) is 4.63. The molecule has 0 aliphatic carbocycles. The molecule has 0 saturated carbocycles. The average Bonchev–Trinajstić information content (AvgIpc) is 2.79. The first kappa shape index (κ1) is 11.1. The molecule has 0 unspecified atom stereocenters. The minimum atomic E-state index is -0.899. The Kier molecular flexibility index (Phi) is 2.73. The van der Waals surface area contributed by atoms with E-state index in [1.165, 1.54) is 12.3 Å². The smallest absolute Gasteiger partial charge is 0.273 e. The van der Waals surface area contributed by atoms with Gasteiger partial charge in [-0.2, -0.15) is 5.10 Å². The molecule has 1 amide bonds. The van der Waals surface area contributed by atoms with Gasteiger partial charge in [0, 0.05) is 12.3 Å². The standard InChI is InChI=1S/C10H8F2N4O/c11-5-3-6(12)9(4-7(5)13)15-10(17)8-1-2-14-16-8/h1-4H,13H2,(H,14,16)(H,15,17). The number of anilines is 2. The van der Waals surface area contributed by atoms with Crippen LogP contribution < -0.4 is 11.1 Å². The lowest BCUT2D eigenvalue weighted by Crippen LogP contribution is -2.14. The highest BCUT2D eigenvalue weighted by molar-refractivity contribution is 6.03. The zero-order valence-electron chi connectivity index (χ0n) is 8.50. The van der Waals surface area contributed by atoms with Crippen molar-refractivity contribution in [2.75, 3.05) is 11.1 Å². The number of carbonyl (C=O) groups excluding carboxylic acids is 1. The molecule has 0 atom stereocenters. The van der Waals surface area contributed by atoms with Gasteiger partial charge in [-0.1, -0.05) is 0 Å². The third kappa shape index (κ3) is 2.22. The number of halogens is 2. The summed E-state index contributed by atoms with van der Waals surface area (Å²) < 4.78 is 26.2. The van der Waals surface area contributed by atoms with E-state index in [2.05, 4.69) is 15.5 Å². The lowest BCUT2D eigenvalue weighted by molar-refractivity contribution is 0.102. The van der Waals surface area contributed by atoms with Gasteiger partial charge >= 0.3 is 0 Å². The van der Waals surface area contributed by atoms with Crippen molar-refractivity contribution >= 4 is 17.3 Å². The maximum absolute atomic E-state index is 13.3. The molecule has 1 aromatic carbocycles. The van der Waals surface area contributed by atoms with E-state index in [9.17, 15) is 13.6 Å². The first-order valence-electron chi connectivity index (χ1n) is 4.63. The molecule has 0 radical (unpaired) electrons. The monoisotopic (exact) mass is 238 g/mol. The SMILES string of the molecule is Nc1cc(NC(=O)c2ccn[nH]2)c(F)cc1F. The van der Waals surface area contributed by atoms with Crippen molar-refractivity contribution in [2.45, 2.75) is 0 Å². The lowest BCUT2D eigenvalue weighted by atomic mass is 10.2. The summed E-state index contributed by atoms with van der Waals surface area (Å²) in [6.45, 7) is 0. The second-order valence-electron chi connectivity index (χ2n) is 3.28. The Morgan fingerprint density at radius 2 is 2.12 bits per heavy atom. The maximum Gasteiger partial charge on any atom is 0.273 e. The van der Waals surface area contributed by atoms with Crippen LogP contribution in [0, 0.1) is 11.6 Å². The number of hydrogen-bond acceptors (Lipinski definition) is 3. The van der Waals surface area contributed by atoms with E-state index in [1.807, 2.05) is 0 Å². The third-order valence-electron chi connectivity index (χ3n) is 2.08. The van der Waals surface area contributed by atoms with E-state index in [0.29, 0.717) is 6.07 Å². The van der Waals surface area contributed by atoms with E-state index in [1.54, 1.807) is 0 Å². The Bertz CT molecular complexity index is 554. The molecule has 0 bridgehead atoms. The van der Waals surface area contributed by atoms with Gasteiger partial charge in [0.15, 0.2) is 0 Å². The van der Waals surface area contributed by atoms with E-state index < -0.39 is 17.5 Å². The number of nitrogens with one attached hydrogen (secondary N) is 2. The fourth-order valence-corrected chi connectivity index (χ4v) is 1.23. The molecule has 0 saturated heterocycles. The number of nitrogens with two attached hydrogens (primary N) is 1. The molecule has 0 fully saturated rings. The van der Waals surface area contributed by atoms with E-state index in [0.717, 1.165) is 6.07 Å². The van der Waals surface area contributed by atoms with Crippen LogP contribution in [-0.4, -0.2) is 16.1 Å². The average molecular weight is 238 g/mol. The van der Waals surface area contributed by atoms with E-state index >= 15 is 0 Å². The number of rotatable bonds is 2. The van der Waals surface area contributed by atoms with Crippen molar-refractivity contribution in [1.82, 2.24) is 10.2 Å². The zero-order valence-corrected chi connectivity index (χ0v) is 8.50. The predicted octanol–water partition coefficient (Wildman–Crippen LogP) is 1.52. The lowest BCUT2D eigenvalue weighted by Gasteiger charge is -2.06. The summed E-state index contributed by atoms with van der Waals surface area (Å²) >= 11 is 0. The van der Waals surface area contributed by atoms with Gasteiger partial charge in [-0.25, -0.2) is 8.78 Å². The molecule has 0 spiro atoms. The number of nitrogen functional groups attached to an aromatic ring is 1. The number of benzene rings is 1. The van der Waals surface area contributed by atoms with Crippen molar-refractivity contribution in [3.8, 4) is 0 Å². The molecule has 0 aliphatic rings. The Morgan fingerprint density at radius 3 is 2.76 bits per heavy atom. The summed E-state index contributed by atoms with van der Waals surface area (Å²) in [6.07, 6.45) is 1.38. The van der Waals surface area contributed by atoms with Crippen LogP contribution >= 0.6 is 0 Å². The Labute approximate surface area is 94.6 Å². The number of H-pyrrole nitrogens is 1. The molecule has 5 nitrogen and oxygen atoms in total. The van der Waals surface area contributed by atoms with Crippen LogP contribution in [-0.2, 0) is 0 Å². The van der Waals surface area contributed by atoms with Gasteiger partial charge in [0.05, 0.1) is 11.4 Å². The van der Waals surface area contributed by atoms with Crippen molar-refractivity contribution in [2.24, 2.45) is 0 Å². The largest absolute Gasteiger partial charge is 0.396 e. The van der Waals surface area contributed by atoms with Gasteiger partial charge in [0.25, 0.3) is 5.91 Å². The van der Waals surface area contributed by atoms with Crippen LogP contribution in [0.1, 0.15) is 10.5 Å². The van der Waals surface area contributed by atoms with Crippen LogP contribution in [0.2, 0.25) is 0 Å². The maximum atomic E-state index is 13.3. The third-order valence-corrected chi connectivity index (χ3v) is 2.08. The predicted molar refractivity (Wildman–Crippen MR) is 57.3 cm³/mol. The quantitative estimate of drug-likeness (QED) is 0.693. The molecular weight excluding hydrogens is 230 g/mol. The highest BCUT2D eigenvalue weighted by atomic mass is 19.1. The molecule has 1 heterocycles. The Hall–Kier alpha value is -2.44. The second-order valence-corrected chi connectivity index (χ2v) is 3.28. The first-order chi connectivity index (χ1) is 8.08. The minimum absolute atomic E-state index is 0.160. The van der Waals surface area contributed by atoms with Gasteiger partial charge < -0.3 is 11.1 Å². The minimum Gasteiger partial charge on any atom is -0.396 e. The van der Waals surface area contributed by atoms with Crippen molar-refractivity contribution < 1.29 is 13.6 Å². The summed E-state index contributed by atoms with van der Waals surface area (Å²) in [5, 5.41) is 8.24. The molecule has 1 aromatic heterocycles. The number of nitrogens with zero attached hydrogens (tertiary/aromatic N) is 1. The van der Waals surface area contributed by atoms with Crippen LogP contribution in [0.5, 0.6) is 0 Å². The van der Waals surface area contributed by atoms with Gasteiger partial charge in [0.1, 0.15) is 17.3 Å². The van der Waals surface area contributed by atoms with Gasteiger partial charge in [-0.3, -0.25) is 9.89 Å². The fourth-order valence-electron chi connectivity index (χ4n) is 1.23. The van der Waals surface area contributed by atoms with Crippen molar-refractivity contribution in [3.05, 3.63) is 41.7 Å². The molecule has 88 valence electrons. The Balaban J connectivity index is 2.25. The van der Waals surface area contributed by atoms with Crippen molar-refractivity contribution in [1.29, 1.82) is 0 Å².